The van der Waals surface area contributed by atoms with Crippen molar-refractivity contribution in [3.8, 4) is 0 Å². The zero-order chi connectivity index (χ0) is 15.3. The van der Waals surface area contributed by atoms with E-state index in [1.807, 2.05) is 13.2 Å². The summed E-state index contributed by atoms with van der Waals surface area (Å²) >= 11 is 1.54. The number of nitro groups is 1. The van der Waals surface area contributed by atoms with Crippen molar-refractivity contribution in [1.29, 1.82) is 0 Å². The number of nitrogens with zero attached hydrogens (tertiary/aromatic N) is 1. The van der Waals surface area contributed by atoms with E-state index in [1.54, 1.807) is 0 Å². The molecule has 0 aliphatic heterocycles. The van der Waals surface area contributed by atoms with E-state index in [0.717, 1.165) is 12.1 Å². The molecule has 1 unspecified atom stereocenters. The summed E-state index contributed by atoms with van der Waals surface area (Å²) in [6.07, 6.45) is 2.54. The van der Waals surface area contributed by atoms with Crippen molar-refractivity contribution in [2.24, 2.45) is 0 Å². The topological polar surface area (TPSA) is 115 Å². The van der Waals surface area contributed by atoms with Gasteiger partial charge in [0.2, 0.25) is 10.0 Å². The van der Waals surface area contributed by atoms with Crippen molar-refractivity contribution in [3.05, 3.63) is 28.3 Å². The molecule has 112 valence electrons. The number of sulfonamides is 1. The normalized spacial score (nSPS) is 13.1. The number of nitrogens with one attached hydrogen (secondary N) is 1. The summed E-state index contributed by atoms with van der Waals surface area (Å²) in [7, 11) is -3.72. The van der Waals surface area contributed by atoms with Crippen molar-refractivity contribution < 1.29 is 13.3 Å². The fourth-order valence-electron chi connectivity index (χ4n) is 1.59. The monoisotopic (exact) mass is 319 g/mol. The molecule has 0 aliphatic rings. The number of thioether (sulfide) groups is 1. The Balaban J connectivity index is 3.04. The van der Waals surface area contributed by atoms with Crippen molar-refractivity contribution in [3.63, 3.8) is 0 Å². The van der Waals surface area contributed by atoms with Crippen LogP contribution in [0, 0.1) is 10.1 Å². The van der Waals surface area contributed by atoms with Gasteiger partial charge in [0.25, 0.3) is 5.69 Å². The minimum atomic E-state index is -3.72. The lowest BCUT2D eigenvalue weighted by Crippen LogP contribution is -2.36. The summed E-state index contributed by atoms with van der Waals surface area (Å²) < 4.78 is 26.9. The summed E-state index contributed by atoms with van der Waals surface area (Å²) in [6.45, 7) is 1.88. The Labute approximate surface area is 122 Å². The average molecular weight is 319 g/mol. The first-order valence-corrected chi connectivity index (χ1v) is 8.74. The van der Waals surface area contributed by atoms with Gasteiger partial charge in [0.1, 0.15) is 5.69 Å². The number of anilines is 1. The largest absolute Gasteiger partial charge is 0.393 e. The van der Waals surface area contributed by atoms with Crippen LogP contribution in [0.5, 0.6) is 0 Å². The van der Waals surface area contributed by atoms with E-state index in [9.17, 15) is 18.5 Å². The third-order valence-electron chi connectivity index (χ3n) is 2.69. The number of hydrogen-bond acceptors (Lipinski definition) is 6. The van der Waals surface area contributed by atoms with E-state index in [1.165, 1.54) is 17.8 Å². The number of nitro benzene ring substituents is 1. The molecule has 1 aromatic carbocycles. The molecule has 0 heterocycles. The Bertz CT molecular complexity index is 589. The minimum absolute atomic E-state index is 0.0693. The maximum atomic E-state index is 12.2. The van der Waals surface area contributed by atoms with Crippen LogP contribution in [0.25, 0.3) is 0 Å². The quantitative estimate of drug-likeness (QED) is 0.448. The van der Waals surface area contributed by atoms with Crippen LogP contribution in [-0.4, -0.2) is 31.4 Å². The van der Waals surface area contributed by atoms with Gasteiger partial charge in [-0.3, -0.25) is 10.1 Å². The van der Waals surface area contributed by atoms with Crippen LogP contribution in [0.15, 0.2) is 23.1 Å². The lowest BCUT2D eigenvalue weighted by Gasteiger charge is -2.16. The fraction of sp³-hybridized carbons (Fsp3) is 0.455. The highest BCUT2D eigenvalue weighted by Crippen LogP contribution is 2.24. The molecule has 0 spiro atoms. The van der Waals surface area contributed by atoms with E-state index in [0.29, 0.717) is 12.2 Å². The highest BCUT2D eigenvalue weighted by atomic mass is 32.2. The molecule has 20 heavy (non-hydrogen) atoms. The molecule has 0 aliphatic carbocycles. The number of hydrogen-bond donors (Lipinski definition) is 2. The Morgan fingerprint density at radius 1 is 1.50 bits per heavy atom. The van der Waals surface area contributed by atoms with Crippen LogP contribution in [0.4, 0.5) is 11.4 Å². The van der Waals surface area contributed by atoms with Gasteiger partial charge < -0.3 is 5.73 Å². The Morgan fingerprint density at radius 2 is 2.15 bits per heavy atom. The van der Waals surface area contributed by atoms with Crippen LogP contribution >= 0.6 is 11.8 Å². The minimum Gasteiger partial charge on any atom is -0.393 e. The zero-order valence-electron chi connectivity index (χ0n) is 11.2. The van der Waals surface area contributed by atoms with Crippen LogP contribution in [0.1, 0.15) is 13.3 Å². The van der Waals surface area contributed by atoms with Gasteiger partial charge in [-0.25, -0.2) is 13.1 Å². The van der Waals surface area contributed by atoms with Crippen molar-refractivity contribution in [2.45, 2.75) is 24.3 Å². The van der Waals surface area contributed by atoms with Crippen molar-refractivity contribution in [2.75, 3.05) is 17.7 Å². The van der Waals surface area contributed by atoms with Crippen molar-refractivity contribution >= 4 is 33.2 Å². The maximum absolute atomic E-state index is 12.2. The van der Waals surface area contributed by atoms with Gasteiger partial charge in [-0.15, -0.1) is 0 Å². The number of rotatable bonds is 7. The van der Waals surface area contributed by atoms with E-state index in [-0.39, 0.29) is 22.3 Å². The van der Waals surface area contributed by atoms with Crippen molar-refractivity contribution in [1.82, 2.24) is 4.72 Å². The van der Waals surface area contributed by atoms with Gasteiger partial charge in [0.05, 0.1) is 9.82 Å². The summed E-state index contributed by atoms with van der Waals surface area (Å²) in [5, 5.41) is 10.6. The Hall–Kier alpha value is -1.32. The van der Waals surface area contributed by atoms with Gasteiger partial charge in [0.15, 0.2) is 0 Å². The first-order valence-electron chi connectivity index (χ1n) is 5.87. The number of nitrogen functional groups attached to an aromatic ring is 1. The molecule has 0 amide bonds. The predicted octanol–water partition coefficient (Wildman–Crippen LogP) is 1.60. The molecule has 1 aromatic rings. The zero-order valence-corrected chi connectivity index (χ0v) is 12.8. The van der Waals surface area contributed by atoms with Crippen LogP contribution < -0.4 is 10.5 Å². The van der Waals surface area contributed by atoms with E-state index in [2.05, 4.69) is 4.72 Å². The molecule has 1 atom stereocenters. The van der Waals surface area contributed by atoms with E-state index < -0.39 is 14.9 Å². The lowest BCUT2D eigenvalue weighted by molar-refractivity contribution is -0.383. The Kier molecular flexibility index (Phi) is 5.78. The SMILES string of the molecule is CCC(CSC)NS(=O)(=O)c1ccc([N+](=O)[O-])c(N)c1. The molecular formula is C11H17N3O4S2. The molecule has 0 radical (unpaired) electrons. The second-order valence-electron chi connectivity index (χ2n) is 4.16. The summed E-state index contributed by atoms with van der Waals surface area (Å²) in [6, 6.07) is 3.19. The fourth-order valence-corrected chi connectivity index (χ4v) is 3.77. The van der Waals surface area contributed by atoms with Gasteiger partial charge >= 0.3 is 0 Å². The van der Waals surface area contributed by atoms with Gasteiger partial charge in [-0.2, -0.15) is 11.8 Å². The van der Waals surface area contributed by atoms with Crippen LogP contribution in [0.2, 0.25) is 0 Å². The maximum Gasteiger partial charge on any atom is 0.292 e. The molecule has 0 saturated heterocycles. The second kappa shape index (κ2) is 6.91. The third-order valence-corrected chi connectivity index (χ3v) is 4.94. The van der Waals surface area contributed by atoms with E-state index >= 15 is 0 Å². The predicted molar refractivity (Wildman–Crippen MR) is 80.3 cm³/mol. The molecule has 7 nitrogen and oxygen atoms in total. The first kappa shape index (κ1) is 16.7. The summed E-state index contributed by atoms with van der Waals surface area (Å²) in [4.78, 5) is 9.93. The van der Waals surface area contributed by atoms with Gasteiger partial charge in [-0.05, 0) is 24.8 Å². The number of nitrogens with two attached hydrogens (primary N) is 1. The smallest absolute Gasteiger partial charge is 0.292 e. The summed E-state index contributed by atoms with van der Waals surface area (Å²) in [5.74, 6) is 0.651. The highest BCUT2D eigenvalue weighted by molar-refractivity contribution is 7.98. The molecule has 0 fully saturated rings. The third kappa shape index (κ3) is 4.09. The average Bonchev–Trinajstić information content (AvgIpc) is 2.37. The first-order chi connectivity index (χ1) is 9.31. The van der Waals surface area contributed by atoms with Gasteiger partial charge in [0, 0.05) is 17.9 Å². The lowest BCUT2D eigenvalue weighted by atomic mass is 10.3. The Morgan fingerprint density at radius 3 is 2.60 bits per heavy atom. The molecule has 9 heteroatoms. The standard InChI is InChI=1S/C11H17N3O4S2/c1-3-8(7-19-2)13-20(17,18)9-4-5-11(14(15)16)10(12)6-9/h4-6,8,13H,3,7,12H2,1-2H3. The molecule has 1 rings (SSSR count). The highest BCUT2D eigenvalue weighted by Gasteiger charge is 2.21. The number of benzene rings is 1. The second-order valence-corrected chi connectivity index (χ2v) is 6.78. The molecule has 0 saturated carbocycles. The molecule has 0 bridgehead atoms. The van der Waals surface area contributed by atoms with E-state index in [4.69, 9.17) is 5.73 Å². The van der Waals surface area contributed by atoms with Crippen LogP contribution in [0.3, 0.4) is 0 Å². The van der Waals surface area contributed by atoms with Crippen LogP contribution in [-0.2, 0) is 10.0 Å². The molecular weight excluding hydrogens is 302 g/mol. The van der Waals surface area contributed by atoms with Gasteiger partial charge in [-0.1, -0.05) is 6.92 Å². The summed E-state index contributed by atoms with van der Waals surface area (Å²) in [5.41, 5.74) is 5.03. The molecule has 3 N–H and O–H groups in total. The molecule has 0 aromatic heterocycles.